The van der Waals surface area contributed by atoms with Crippen molar-refractivity contribution in [3.63, 3.8) is 0 Å². The summed E-state index contributed by atoms with van der Waals surface area (Å²) >= 11 is 0. The van der Waals surface area contributed by atoms with Gasteiger partial charge in [0.25, 0.3) is 0 Å². The van der Waals surface area contributed by atoms with Gasteiger partial charge in [-0.1, -0.05) is 63.8 Å². The molecule has 1 rings (SSSR count). The molecule has 0 radical (unpaired) electrons. The van der Waals surface area contributed by atoms with Crippen LogP contribution in [0.2, 0.25) is 0 Å². The number of nitrogens with one attached hydrogen (secondary N) is 2. The number of amides is 2. The Hall–Kier alpha value is -1.81. The van der Waals surface area contributed by atoms with E-state index in [2.05, 4.69) is 30.2 Å². The van der Waals surface area contributed by atoms with Gasteiger partial charge in [0.1, 0.15) is 0 Å². The monoisotopic (exact) mass is 319 g/mol. The van der Waals surface area contributed by atoms with Crippen LogP contribution in [0.25, 0.3) is 0 Å². The summed E-state index contributed by atoms with van der Waals surface area (Å²) in [5.74, 6) is 0. The van der Waals surface area contributed by atoms with Crippen LogP contribution in [-0.4, -0.2) is 36.6 Å². The average Bonchev–Trinajstić information content (AvgIpc) is 2.60. The third-order valence-electron chi connectivity index (χ3n) is 3.35. The zero-order valence-electron chi connectivity index (χ0n) is 14.9. The molecule has 0 aromatic rings. The summed E-state index contributed by atoms with van der Waals surface area (Å²) in [6.45, 7) is 12.3. The first-order chi connectivity index (χ1) is 11.3. The lowest BCUT2D eigenvalue weighted by atomic mass is 10.1. The number of piperidine rings is 1. The van der Waals surface area contributed by atoms with E-state index in [1.54, 1.807) is 11.1 Å². The highest BCUT2D eigenvalue weighted by atomic mass is 16.2. The van der Waals surface area contributed by atoms with Gasteiger partial charge >= 0.3 is 6.03 Å². The number of rotatable bonds is 7. The lowest BCUT2D eigenvalue weighted by Crippen LogP contribution is -2.47. The number of urea groups is 1. The fraction of sp³-hybridized carbons (Fsp3) is 0.526. The maximum Gasteiger partial charge on any atom is 0.321 e. The largest absolute Gasteiger partial charge is 0.334 e. The smallest absolute Gasteiger partial charge is 0.321 e. The quantitative estimate of drug-likeness (QED) is 0.697. The highest BCUT2D eigenvalue weighted by Crippen LogP contribution is 2.12. The molecule has 0 atom stereocenters. The Kier molecular flexibility index (Phi) is 13.9. The van der Waals surface area contributed by atoms with Gasteiger partial charge in [-0.2, -0.15) is 0 Å². The van der Waals surface area contributed by atoms with Crippen LogP contribution in [0.4, 0.5) is 4.79 Å². The molecular formula is C19H33N3O. The highest BCUT2D eigenvalue weighted by Gasteiger charge is 2.22. The predicted molar refractivity (Wildman–Crippen MR) is 100 cm³/mol. The van der Waals surface area contributed by atoms with Crippen LogP contribution in [-0.2, 0) is 0 Å². The molecule has 0 aromatic carbocycles. The number of nitrogens with zero attached hydrogens (tertiary/aromatic N) is 1. The van der Waals surface area contributed by atoms with Crippen LogP contribution in [0.3, 0.4) is 0 Å². The molecule has 0 spiro atoms. The number of hydrogen-bond acceptors (Lipinski definition) is 2. The van der Waals surface area contributed by atoms with Crippen molar-refractivity contribution in [1.29, 1.82) is 0 Å². The predicted octanol–water partition coefficient (Wildman–Crippen LogP) is 4.00. The molecule has 0 saturated carbocycles. The van der Waals surface area contributed by atoms with Crippen LogP contribution in [0.5, 0.6) is 0 Å². The molecule has 1 aliphatic rings. The first-order valence-electron chi connectivity index (χ1n) is 8.67. The van der Waals surface area contributed by atoms with Gasteiger partial charge < -0.3 is 10.6 Å². The molecule has 4 heteroatoms. The Morgan fingerprint density at radius 1 is 1.17 bits per heavy atom. The molecule has 1 aliphatic heterocycles. The lowest BCUT2D eigenvalue weighted by molar-refractivity contribution is 0.189. The number of hydrogen-bond donors (Lipinski definition) is 2. The summed E-state index contributed by atoms with van der Waals surface area (Å²) in [5.41, 5.74) is 0. The molecule has 130 valence electrons. The number of allylic oxidation sites excluding steroid dienone is 5. The Labute approximate surface area is 142 Å². The van der Waals surface area contributed by atoms with Crippen LogP contribution in [0, 0.1) is 0 Å². The molecular weight excluding hydrogens is 286 g/mol. The van der Waals surface area contributed by atoms with E-state index in [-0.39, 0.29) is 12.1 Å². The van der Waals surface area contributed by atoms with E-state index in [9.17, 15) is 4.79 Å². The zero-order chi connectivity index (χ0) is 17.3. The minimum atomic E-state index is -0.0728. The van der Waals surface area contributed by atoms with Crippen molar-refractivity contribution in [2.75, 3.05) is 19.6 Å². The van der Waals surface area contributed by atoms with Crippen molar-refractivity contribution >= 4 is 6.03 Å². The van der Waals surface area contributed by atoms with E-state index >= 15 is 0 Å². The van der Waals surface area contributed by atoms with Gasteiger partial charge in [0.2, 0.25) is 0 Å². The first kappa shape index (κ1) is 21.2. The molecule has 1 saturated heterocycles. The molecule has 1 fully saturated rings. The van der Waals surface area contributed by atoms with E-state index in [1.165, 1.54) is 0 Å². The summed E-state index contributed by atoms with van der Waals surface area (Å²) in [6.07, 6.45) is 16.5. The Balaban J connectivity index is 0.00000232. The lowest BCUT2D eigenvalue weighted by Gasteiger charge is -2.31. The van der Waals surface area contributed by atoms with Crippen molar-refractivity contribution in [3.8, 4) is 0 Å². The van der Waals surface area contributed by atoms with E-state index in [1.807, 2.05) is 44.2 Å². The van der Waals surface area contributed by atoms with Gasteiger partial charge in [-0.05, 0) is 32.4 Å². The minimum Gasteiger partial charge on any atom is -0.334 e. The molecule has 4 nitrogen and oxygen atoms in total. The molecule has 0 bridgehead atoms. The number of carbonyl (C=O) groups is 1. The van der Waals surface area contributed by atoms with Crippen LogP contribution in [0.1, 0.15) is 40.0 Å². The van der Waals surface area contributed by atoms with Gasteiger partial charge in [0, 0.05) is 18.8 Å². The normalized spacial score (nSPS) is 15.6. The molecule has 2 N–H and O–H groups in total. The third kappa shape index (κ3) is 9.74. The van der Waals surface area contributed by atoms with Crippen molar-refractivity contribution in [3.05, 3.63) is 49.2 Å². The molecule has 0 aliphatic carbocycles. The second kappa shape index (κ2) is 15.1. The maximum atomic E-state index is 12.1. The molecule has 1 heterocycles. The molecule has 0 aromatic heterocycles. The van der Waals surface area contributed by atoms with Crippen molar-refractivity contribution in [2.24, 2.45) is 0 Å². The topological polar surface area (TPSA) is 44.4 Å². The van der Waals surface area contributed by atoms with Crippen molar-refractivity contribution in [1.82, 2.24) is 15.5 Å². The highest BCUT2D eigenvalue weighted by molar-refractivity contribution is 5.75. The maximum absolute atomic E-state index is 12.1. The van der Waals surface area contributed by atoms with Crippen LogP contribution in [0.15, 0.2) is 49.2 Å². The summed E-state index contributed by atoms with van der Waals surface area (Å²) < 4.78 is 0. The summed E-state index contributed by atoms with van der Waals surface area (Å²) in [7, 11) is 0. The fourth-order valence-corrected chi connectivity index (χ4v) is 2.21. The summed E-state index contributed by atoms with van der Waals surface area (Å²) in [6, 6.07) is 0.184. The molecule has 23 heavy (non-hydrogen) atoms. The van der Waals surface area contributed by atoms with E-state index in [0.717, 1.165) is 32.4 Å². The Morgan fingerprint density at radius 3 is 2.35 bits per heavy atom. The van der Waals surface area contributed by atoms with Crippen molar-refractivity contribution in [2.45, 2.75) is 46.1 Å². The second-order valence-electron chi connectivity index (χ2n) is 4.91. The SMILES string of the molecule is C=CN(C(=O)NC/C=C/C=C\C=C/CC)C1CCNCC1.CC. The second-order valence-corrected chi connectivity index (χ2v) is 4.91. The summed E-state index contributed by atoms with van der Waals surface area (Å²) in [5, 5.41) is 6.19. The van der Waals surface area contributed by atoms with Gasteiger partial charge in [-0.15, -0.1) is 0 Å². The van der Waals surface area contributed by atoms with E-state index < -0.39 is 0 Å². The molecule has 0 unspecified atom stereocenters. The third-order valence-corrected chi connectivity index (χ3v) is 3.35. The summed E-state index contributed by atoms with van der Waals surface area (Å²) in [4.78, 5) is 13.8. The minimum absolute atomic E-state index is 0.0728. The average molecular weight is 319 g/mol. The van der Waals surface area contributed by atoms with Gasteiger partial charge in [-0.25, -0.2) is 4.79 Å². The standard InChI is InChI=1S/C17H27N3O.C2H6/c1-3-5-6-7-8-9-10-13-19-17(21)20(4-2)16-11-14-18-15-12-16;1-2/h4-10,16,18H,2-3,11-15H2,1H3,(H,19,21);1-2H3/b6-5-,8-7-,10-9+;. The van der Waals surface area contributed by atoms with Gasteiger partial charge in [-0.3, -0.25) is 4.90 Å². The van der Waals surface area contributed by atoms with Gasteiger partial charge in [0.05, 0.1) is 0 Å². The zero-order valence-corrected chi connectivity index (χ0v) is 14.9. The van der Waals surface area contributed by atoms with Crippen LogP contribution >= 0.6 is 0 Å². The molecule has 2 amide bonds. The van der Waals surface area contributed by atoms with E-state index in [4.69, 9.17) is 0 Å². The van der Waals surface area contributed by atoms with Gasteiger partial charge in [0.15, 0.2) is 0 Å². The van der Waals surface area contributed by atoms with Crippen LogP contribution < -0.4 is 10.6 Å². The Morgan fingerprint density at radius 2 is 1.78 bits per heavy atom. The Bertz CT molecular complexity index is 393. The van der Waals surface area contributed by atoms with Crippen molar-refractivity contribution < 1.29 is 4.79 Å². The first-order valence-corrected chi connectivity index (χ1v) is 8.67. The fourth-order valence-electron chi connectivity index (χ4n) is 2.21. The van der Waals surface area contributed by atoms with E-state index in [0.29, 0.717) is 6.54 Å². The number of carbonyl (C=O) groups excluding carboxylic acids is 1.